The first-order valence-corrected chi connectivity index (χ1v) is 10.4. The van der Waals surface area contributed by atoms with E-state index in [4.69, 9.17) is 4.42 Å². The molecule has 0 bridgehead atoms. The minimum atomic E-state index is -0.417. The standard InChI is InChI=1S/C23H23N3O4/c1-14-2-7-19(20(10-14)26(28)29)21-8-9-22(30-21)23(27)25(17-5-6-17)18-4-3-15-12-24-13-16(15)11-18/h2,7-10,13,17-18H,3-6,11-12H2,1H3. The lowest BCUT2D eigenvalue weighted by Crippen LogP contribution is -2.43. The lowest BCUT2D eigenvalue weighted by atomic mass is 9.88. The zero-order valence-electron chi connectivity index (χ0n) is 16.8. The molecule has 5 rings (SSSR count). The lowest BCUT2D eigenvalue weighted by molar-refractivity contribution is -0.384. The van der Waals surface area contributed by atoms with Crippen molar-refractivity contribution in [1.82, 2.24) is 4.90 Å². The summed E-state index contributed by atoms with van der Waals surface area (Å²) in [6.07, 6.45) is 6.76. The number of aryl methyl sites for hydroxylation is 1. The fraction of sp³-hybridized carbons (Fsp3) is 0.391. The predicted molar refractivity (Wildman–Crippen MR) is 113 cm³/mol. The molecule has 2 heterocycles. The Kier molecular flexibility index (Phi) is 4.53. The van der Waals surface area contributed by atoms with Crippen LogP contribution in [0.2, 0.25) is 0 Å². The third-order valence-corrected chi connectivity index (χ3v) is 6.22. The van der Waals surface area contributed by atoms with E-state index in [0.717, 1.165) is 44.2 Å². The van der Waals surface area contributed by atoms with E-state index in [1.165, 1.54) is 17.2 Å². The molecule has 7 heteroatoms. The van der Waals surface area contributed by atoms with Crippen LogP contribution in [-0.2, 0) is 0 Å². The highest BCUT2D eigenvalue weighted by atomic mass is 16.6. The number of aliphatic imine (C=N–C) groups is 1. The number of rotatable bonds is 5. The summed E-state index contributed by atoms with van der Waals surface area (Å²) in [4.78, 5) is 30.8. The Balaban J connectivity index is 1.42. The van der Waals surface area contributed by atoms with Gasteiger partial charge in [0.15, 0.2) is 5.76 Å². The van der Waals surface area contributed by atoms with E-state index in [1.807, 2.05) is 18.0 Å². The van der Waals surface area contributed by atoms with Crippen LogP contribution in [0.1, 0.15) is 48.2 Å². The maximum absolute atomic E-state index is 13.4. The minimum absolute atomic E-state index is 0.0188. The number of carbonyl (C=O) groups excluding carboxylic acids is 1. The van der Waals surface area contributed by atoms with Crippen molar-refractivity contribution >= 4 is 17.8 Å². The quantitative estimate of drug-likeness (QED) is 0.533. The number of nitro groups is 1. The highest BCUT2D eigenvalue weighted by molar-refractivity contribution is 5.93. The summed E-state index contributed by atoms with van der Waals surface area (Å²) < 4.78 is 5.86. The second-order valence-corrected chi connectivity index (χ2v) is 8.38. The average molecular weight is 405 g/mol. The first-order valence-electron chi connectivity index (χ1n) is 10.4. The van der Waals surface area contributed by atoms with E-state index in [1.54, 1.807) is 24.3 Å². The summed E-state index contributed by atoms with van der Waals surface area (Å²) in [5.41, 5.74) is 3.85. The number of hydrogen-bond acceptors (Lipinski definition) is 5. The monoisotopic (exact) mass is 405 g/mol. The molecule has 30 heavy (non-hydrogen) atoms. The zero-order valence-corrected chi connectivity index (χ0v) is 16.8. The van der Waals surface area contributed by atoms with Gasteiger partial charge in [0.25, 0.3) is 11.6 Å². The van der Waals surface area contributed by atoms with Crippen LogP contribution in [0, 0.1) is 17.0 Å². The normalized spacial score (nSPS) is 20.4. The Morgan fingerprint density at radius 2 is 2.03 bits per heavy atom. The van der Waals surface area contributed by atoms with Gasteiger partial charge in [-0.15, -0.1) is 0 Å². The highest BCUT2D eigenvalue weighted by Gasteiger charge is 2.40. The Morgan fingerprint density at radius 1 is 1.20 bits per heavy atom. The van der Waals surface area contributed by atoms with E-state index in [2.05, 4.69) is 4.99 Å². The predicted octanol–water partition coefficient (Wildman–Crippen LogP) is 4.70. The smallest absolute Gasteiger partial charge is 0.290 e. The van der Waals surface area contributed by atoms with Gasteiger partial charge in [-0.2, -0.15) is 0 Å². The van der Waals surface area contributed by atoms with Crippen molar-refractivity contribution in [2.24, 2.45) is 4.99 Å². The molecule has 1 aliphatic heterocycles. The van der Waals surface area contributed by atoms with Gasteiger partial charge in [0, 0.05) is 24.4 Å². The highest BCUT2D eigenvalue weighted by Crippen LogP contribution is 2.38. The van der Waals surface area contributed by atoms with Gasteiger partial charge in [-0.25, -0.2) is 0 Å². The van der Waals surface area contributed by atoms with Crippen molar-refractivity contribution in [3.05, 3.63) is 62.9 Å². The zero-order chi connectivity index (χ0) is 20.8. The van der Waals surface area contributed by atoms with Crippen LogP contribution < -0.4 is 0 Å². The first-order chi connectivity index (χ1) is 14.5. The molecular formula is C23H23N3O4. The summed E-state index contributed by atoms with van der Waals surface area (Å²) in [6, 6.07) is 8.70. The van der Waals surface area contributed by atoms with E-state index in [-0.39, 0.29) is 29.4 Å². The molecule has 1 aromatic heterocycles. The molecule has 0 radical (unpaired) electrons. The van der Waals surface area contributed by atoms with Crippen molar-refractivity contribution in [3.63, 3.8) is 0 Å². The van der Waals surface area contributed by atoms with E-state index in [9.17, 15) is 14.9 Å². The second kappa shape index (κ2) is 7.23. The maximum Gasteiger partial charge on any atom is 0.290 e. The van der Waals surface area contributed by atoms with Crippen LogP contribution in [0.15, 0.2) is 50.9 Å². The van der Waals surface area contributed by atoms with Crippen molar-refractivity contribution in [2.45, 2.75) is 51.1 Å². The molecule has 154 valence electrons. The Morgan fingerprint density at radius 3 is 2.80 bits per heavy atom. The van der Waals surface area contributed by atoms with Crippen LogP contribution in [0.5, 0.6) is 0 Å². The molecule has 1 saturated carbocycles. The summed E-state index contributed by atoms with van der Waals surface area (Å²) in [7, 11) is 0. The molecule has 1 fully saturated rings. The summed E-state index contributed by atoms with van der Waals surface area (Å²) in [5, 5.41) is 11.5. The molecule has 2 aliphatic carbocycles. The van der Waals surface area contributed by atoms with Gasteiger partial charge >= 0.3 is 0 Å². The van der Waals surface area contributed by atoms with Gasteiger partial charge in [0.2, 0.25) is 0 Å². The number of benzene rings is 1. The van der Waals surface area contributed by atoms with E-state index in [0.29, 0.717) is 11.3 Å². The van der Waals surface area contributed by atoms with E-state index < -0.39 is 4.92 Å². The van der Waals surface area contributed by atoms with Gasteiger partial charge in [-0.3, -0.25) is 19.9 Å². The molecule has 1 aromatic carbocycles. The maximum atomic E-state index is 13.4. The third-order valence-electron chi connectivity index (χ3n) is 6.22. The van der Waals surface area contributed by atoms with Gasteiger partial charge < -0.3 is 9.32 Å². The molecule has 2 aromatic rings. The summed E-state index contributed by atoms with van der Waals surface area (Å²) in [5.74, 6) is 0.464. The molecule has 7 nitrogen and oxygen atoms in total. The first kappa shape index (κ1) is 18.8. The molecular weight excluding hydrogens is 382 g/mol. The van der Waals surface area contributed by atoms with Crippen LogP contribution in [0.3, 0.4) is 0 Å². The van der Waals surface area contributed by atoms with E-state index >= 15 is 0 Å². The molecule has 3 aliphatic rings. The van der Waals surface area contributed by atoms with Crippen molar-refractivity contribution in [3.8, 4) is 11.3 Å². The number of nitro benzene ring substituents is 1. The second-order valence-electron chi connectivity index (χ2n) is 8.38. The molecule has 0 N–H and O–H groups in total. The van der Waals surface area contributed by atoms with Gasteiger partial charge in [0.05, 0.1) is 17.0 Å². The Bertz CT molecular complexity index is 1090. The number of furan rings is 1. The van der Waals surface area contributed by atoms with Gasteiger partial charge in [-0.1, -0.05) is 6.07 Å². The Hall–Kier alpha value is -3.22. The summed E-state index contributed by atoms with van der Waals surface area (Å²) >= 11 is 0. The fourth-order valence-corrected chi connectivity index (χ4v) is 4.54. The SMILES string of the molecule is Cc1ccc(-c2ccc(C(=O)N(C3CC3)C3CCC4=C(C=NC4)C3)o2)c([N+](=O)[O-])c1. The minimum Gasteiger partial charge on any atom is -0.451 e. The number of hydrogen-bond donors (Lipinski definition) is 0. The number of nitrogens with zero attached hydrogens (tertiary/aromatic N) is 3. The van der Waals surface area contributed by atoms with Gasteiger partial charge in [-0.05, 0) is 73.9 Å². The number of amides is 1. The molecule has 1 amide bonds. The van der Waals surface area contributed by atoms with Crippen molar-refractivity contribution < 1.29 is 14.1 Å². The van der Waals surface area contributed by atoms with Crippen molar-refractivity contribution in [2.75, 3.05) is 6.54 Å². The van der Waals surface area contributed by atoms with Crippen LogP contribution in [0.25, 0.3) is 11.3 Å². The van der Waals surface area contributed by atoms with Gasteiger partial charge in [0.1, 0.15) is 5.76 Å². The third kappa shape index (κ3) is 3.34. The molecule has 0 saturated heterocycles. The molecule has 1 unspecified atom stereocenters. The number of carbonyl (C=O) groups is 1. The Labute approximate surface area is 174 Å². The lowest BCUT2D eigenvalue weighted by Gasteiger charge is -2.34. The summed E-state index contributed by atoms with van der Waals surface area (Å²) in [6.45, 7) is 2.61. The molecule has 0 spiro atoms. The largest absolute Gasteiger partial charge is 0.451 e. The van der Waals surface area contributed by atoms with Crippen LogP contribution >= 0.6 is 0 Å². The van der Waals surface area contributed by atoms with Crippen molar-refractivity contribution in [1.29, 1.82) is 0 Å². The fourth-order valence-electron chi connectivity index (χ4n) is 4.54. The molecule has 1 atom stereocenters. The topological polar surface area (TPSA) is 89.0 Å². The van der Waals surface area contributed by atoms with Crippen LogP contribution in [-0.4, -0.2) is 40.6 Å². The average Bonchev–Trinajstić information content (AvgIpc) is 3.25. The van der Waals surface area contributed by atoms with Crippen LogP contribution in [0.4, 0.5) is 5.69 Å².